The molecule has 2 nitrogen and oxygen atoms in total. The predicted molar refractivity (Wildman–Crippen MR) is 42.9 cm³/mol. The molecule has 0 aliphatic carbocycles. The highest BCUT2D eigenvalue weighted by Crippen LogP contribution is 2.29. The Kier molecular flexibility index (Phi) is 2.19. The van der Waals surface area contributed by atoms with Gasteiger partial charge in [-0.2, -0.15) is 18.3 Å². The zero-order valence-electron chi connectivity index (χ0n) is 7.31. The fraction of sp³-hybridized carbons (Fsp3) is 0.375. The van der Waals surface area contributed by atoms with Gasteiger partial charge in [-0.1, -0.05) is 6.58 Å². The first-order valence-corrected chi connectivity index (χ1v) is 3.59. The molecule has 0 spiro atoms. The lowest BCUT2D eigenvalue weighted by Crippen LogP contribution is -2.06. The summed E-state index contributed by atoms with van der Waals surface area (Å²) in [6.45, 7) is 5.19. The van der Waals surface area contributed by atoms with Crippen LogP contribution in [-0.4, -0.2) is 9.78 Å². The fourth-order valence-corrected chi connectivity index (χ4v) is 1.01. The zero-order chi connectivity index (χ0) is 10.2. The minimum Gasteiger partial charge on any atom is -0.268 e. The Hall–Kier alpha value is -1.26. The molecule has 0 radical (unpaired) electrons. The van der Waals surface area contributed by atoms with Gasteiger partial charge in [-0.25, -0.2) is 0 Å². The molecule has 0 aliphatic heterocycles. The largest absolute Gasteiger partial charge is 0.435 e. The molecule has 0 fully saturated rings. The fourth-order valence-electron chi connectivity index (χ4n) is 1.01. The number of halogens is 3. The van der Waals surface area contributed by atoms with Gasteiger partial charge >= 0.3 is 6.18 Å². The highest BCUT2D eigenvalue weighted by atomic mass is 19.4. The predicted octanol–water partition coefficient (Wildman–Crippen LogP) is 2.47. The van der Waals surface area contributed by atoms with Crippen molar-refractivity contribution in [1.82, 2.24) is 9.78 Å². The van der Waals surface area contributed by atoms with E-state index in [-0.39, 0.29) is 0 Å². The van der Waals surface area contributed by atoms with Gasteiger partial charge in [-0.05, 0) is 18.6 Å². The van der Waals surface area contributed by atoms with Crippen LogP contribution < -0.4 is 0 Å². The molecule has 0 amide bonds. The number of aromatic nitrogens is 2. The molecule has 0 N–H and O–H groups in total. The Morgan fingerprint density at radius 2 is 2.08 bits per heavy atom. The van der Waals surface area contributed by atoms with Crippen LogP contribution in [0.15, 0.2) is 12.6 Å². The number of hydrogen-bond acceptors (Lipinski definition) is 1. The topological polar surface area (TPSA) is 17.8 Å². The molecular formula is C8H9F3N2. The molecule has 0 saturated carbocycles. The summed E-state index contributed by atoms with van der Waals surface area (Å²) in [5.41, 5.74) is 0.0748. The Morgan fingerprint density at radius 3 is 2.31 bits per heavy atom. The third-order valence-electron chi connectivity index (χ3n) is 1.61. The van der Waals surface area contributed by atoms with E-state index >= 15 is 0 Å². The van der Waals surface area contributed by atoms with Crippen LogP contribution in [0, 0.1) is 0 Å². The monoisotopic (exact) mass is 190 g/mol. The van der Waals surface area contributed by atoms with Crippen LogP contribution in [0.3, 0.4) is 0 Å². The van der Waals surface area contributed by atoms with Gasteiger partial charge in [0.25, 0.3) is 0 Å². The summed E-state index contributed by atoms with van der Waals surface area (Å²) in [7, 11) is 1.46. The van der Waals surface area contributed by atoms with Crippen LogP contribution in [0.2, 0.25) is 0 Å². The van der Waals surface area contributed by atoms with Gasteiger partial charge in [0.05, 0.1) is 5.69 Å². The van der Waals surface area contributed by atoms with Crippen molar-refractivity contribution in [3.05, 3.63) is 24.0 Å². The lowest BCUT2D eigenvalue weighted by molar-refractivity contribution is -0.141. The van der Waals surface area contributed by atoms with E-state index in [1.54, 1.807) is 6.92 Å². The first kappa shape index (κ1) is 9.83. The highest BCUT2D eigenvalue weighted by molar-refractivity contribution is 5.58. The van der Waals surface area contributed by atoms with E-state index in [0.29, 0.717) is 11.3 Å². The standard InChI is InChI=1S/C8H9F3N2/c1-5(2)6-4-7(8(9,10)11)12-13(6)3/h4H,1H2,2-3H3. The van der Waals surface area contributed by atoms with Gasteiger partial charge in [-0.15, -0.1) is 0 Å². The highest BCUT2D eigenvalue weighted by Gasteiger charge is 2.34. The quantitative estimate of drug-likeness (QED) is 0.665. The maximum absolute atomic E-state index is 12.1. The van der Waals surface area contributed by atoms with Crippen LogP contribution in [0.4, 0.5) is 13.2 Å². The molecule has 0 aliphatic rings. The van der Waals surface area contributed by atoms with E-state index in [1.807, 2.05) is 0 Å². The first-order chi connectivity index (χ1) is 5.82. The van der Waals surface area contributed by atoms with Crippen molar-refractivity contribution >= 4 is 5.57 Å². The van der Waals surface area contributed by atoms with Crippen LogP contribution in [-0.2, 0) is 13.2 Å². The molecule has 5 heteroatoms. The SMILES string of the molecule is C=C(C)c1cc(C(F)(F)F)nn1C. The Labute approximate surface area is 73.7 Å². The smallest absolute Gasteiger partial charge is 0.268 e. The number of aryl methyl sites for hydroxylation is 1. The van der Waals surface area contributed by atoms with E-state index in [9.17, 15) is 13.2 Å². The first-order valence-electron chi connectivity index (χ1n) is 3.59. The summed E-state index contributed by atoms with van der Waals surface area (Å²) in [6.07, 6.45) is -4.38. The second kappa shape index (κ2) is 2.90. The van der Waals surface area contributed by atoms with Crippen molar-refractivity contribution in [3.63, 3.8) is 0 Å². The van der Waals surface area contributed by atoms with E-state index in [2.05, 4.69) is 11.7 Å². The molecule has 1 rings (SSSR count). The second-order valence-corrected chi connectivity index (χ2v) is 2.82. The van der Waals surface area contributed by atoms with Gasteiger partial charge in [0, 0.05) is 7.05 Å². The molecule has 0 atom stereocenters. The average Bonchev–Trinajstić information content (AvgIpc) is 2.29. The number of allylic oxidation sites excluding steroid dienone is 1. The molecule has 13 heavy (non-hydrogen) atoms. The van der Waals surface area contributed by atoms with Gasteiger partial charge in [0.1, 0.15) is 0 Å². The van der Waals surface area contributed by atoms with Gasteiger partial charge in [0.15, 0.2) is 5.69 Å². The number of rotatable bonds is 1. The number of nitrogens with zero attached hydrogens (tertiary/aromatic N) is 2. The summed E-state index contributed by atoms with van der Waals surface area (Å²) in [5.74, 6) is 0. The van der Waals surface area contributed by atoms with Gasteiger partial charge < -0.3 is 0 Å². The molecule has 1 aromatic heterocycles. The summed E-state index contributed by atoms with van der Waals surface area (Å²) in [5, 5.41) is 3.33. The van der Waals surface area contributed by atoms with Crippen molar-refractivity contribution in [2.75, 3.05) is 0 Å². The second-order valence-electron chi connectivity index (χ2n) is 2.82. The van der Waals surface area contributed by atoms with Crippen LogP contribution in [0.25, 0.3) is 5.57 Å². The molecule has 0 saturated heterocycles. The van der Waals surface area contributed by atoms with E-state index in [1.165, 1.54) is 11.7 Å². The third kappa shape index (κ3) is 1.91. The average molecular weight is 190 g/mol. The van der Waals surface area contributed by atoms with Crippen molar-refractivity contribution in [2.45, 2.75) is 13.1 Å². The Bertz CT molecular complexity index is 336. The van der Waals surface area contributed by atoms with E-state index in [0.717, 1.165) is 6.07 Å². The van der Waals surface area contributed by atoms with E-state index in [4.69, 9.17) is 0 Å². The molecule has 1 aromatic rings. The lowest BCUT2D eigenvalue weighted by atomic mass is 10.2. The lowest BCUT2D eigenvalue weighted by Gasteiger charge is -1.99. The maximum Gasteiger partial charge on any atom is 0.435 e. The van der Waals surface area contributed by atoms with Crippen molar-refractivity contribution < 1.29 is 13.2 Å². The zero-order valence-corrected chi connectivity index (χ0v) is 7.31. The number of hydrogen-bond donors (Lipinski definition) is 0. The van der Waals surface area contributed by atoms with Crippen molar-refractivity contribution in [2.24, 2.45) is 7.05 Å². The van der Waals surface area contributed by atoms with Crippen molar-refractivity contribution in [1.29, 1.82) is 0 Å². The molecule has 0 aromatic carbocycles. The summed E-state index contributed by atoms with van der Waals surface area (Å²) >= 11 is 0. The minimum atomic E-state index is -4.38. The molecule has 72 valence electrons. The van der Waals surface area contributed by atoms with E-state index < -0.39 is 11.9 Å². The Morgan fingerprint density at radius 1 is 1.54 bits per heavy atom. The van der Waals surface area contributed by atoms with Crippen molar-refractivity contribution in [3.8, 4) is 0 Å². The Balaban J connectivity index is 3.17. The van der Waals surface area contributed by atoms with Gasteiger partial charge in [-0.3, -0.25) is 4.68 Å². The van der Waals surface area contributed by atoms with Crippen LogP contribution >= 0.6 is 0 Å². The maximum atomic E-state index is 12.1. The molecular weight excluding hydrogens is 181 g/mol. The van der Waals surface area contributed by atoms with Gasteiger partial charge in [0.2, 0.25) is 0 Å². The van der Waals surface area contributed by atoms with Crippen LogP contribution in [0.1, 0.15) is 18.3 Å². The molecule has 0 bridgehead atoms. The normalized spacial score (nSPS) is 11.8. The third-order valence-corrected chi connectivity index (χ3v) is 1.61. The summed E-state index contributed by atoms with van der Waals surface area (Å²) < 4.78 is 37.6. The minimum absolute atomic E-state index is 0.396. The van der Waals surface area contributed by atoms with Crippen LogP contribution in [0.5, 0.6) is 0 Å². The molecule has 1 heterocycles. The molecule has 0 unspecified atom stereocenters. The number of alkyl halides is 3. The summed E-state index contributed by atoms with van der Waals surface area (Å²) in [6, 6.07) is 0.988. The summed E-state index contributed by atoms with van der Waals surface area (Å²) in [4.78, 5) is 0.